The zero-order valence-corrected chi connectivity index (χ0v) is 15.5. The summed E-state index contributed by atoms with van der Waals surface area (Å²) >= 11 is 0. The van der Waals surface area contributed by atoms with E-state index in [1.807, 2.05) is 49.9 Å². The minimum Gasteiger partial charge on any atom is -0.444 e. The Balaban J connectivity index is 1.86. The van der Waals surface area contributed by atoms with Crippen LogP contribution in [0.3, 0.4) is 0 Å². The van der Waals surface area contributed by atoms with Gasteiger partial charge < -0.3 is 19.7 Å². The second-order valence-corrected chi connectivity index (χ2v) is 7.35. The number of piperidine rings is 1. The van der Waals surface area contributed by atoms with Crippen molar-refractivity contribution in [2.24, 2.45) is 0 Å². The first kappa shape index (κ1) is 19.2. The van der Waals surface area contributed by atoms with E-state index in [0.717, 1.165) is 18.4 Å². The van der Waals surface area contributed by atoms with Crippen LogP contribution in [0.4, 0.5) is 4.79 Å². The van der Waals surface area contributed by atoms with Crippen molar-refractivity contribution in [1.82, 2.24) is 10.2 Å². The summed E-state index contributed by atoms with van der Waals surface area (Å²) in [6.45, 7) is 7.24. The Morgan fingerprint density at radius 1 is 1.24 bits per heavy atom. The number of rotatable bonds is 4. The molecule has 6 heteroatoms. The molecule has 2 rings (SSSR count). The van der Waals surface area contributed by atoms with Gasteiger partial charge in [-0.25, -0.2) is 4.79 Å². The predicted octanol–water partition coefficient (Wildman–Crippen LogP) is 2.96. The standard InChI is InChI=1S/C19H28N2O4/c1-19(2,3)25-18(23)20-16-8-10-21(11-9-16)17(22)15-7-5-6-14(12-15)13-24-4/h5-7,12,16H,8-11,13H2,1-4H3,(H,20,23). The Morgan fingerprint density at radius 3 is 2.52 bits per heavy atom. The predicted molar refractivity (Wildman–Crippen MR) is 95.5 cm³/mol. The van der Waals surface area contributed by atoms with Crippen molar-refractivity contribution in [2.75, 3.05) is 20.2 Å². The molecule has 0 aromatic heterocycles. The van der Waals surface area contributed by atoms with Gasteiger partial charge in [0.2, 0.25) is 0 Å². The second-order valence-electron chi connectivity index (χ2n) is 7.35. The monoisotopic (exact) mass is 348 g/mol. The summed E-state index contributed by atoms with van der Waals surface area (Å²) < 4.78 is 10.4. The fraction of sp³-hybridized carbons (Fsp3) is 0.579. The van der Waals surface area contributed by atoms with E-state index in [-0.39, 0.29) is 11.9 Å². The number of nitrogens with one attached hydrogen (secondary N) is 1. The van der Waals surface area contributed by atoms with Gasteiger partial charge in [0.05, 0.1) is 6.61 Å². The maximum Gasteiger partial charge on any atom is 0.407 e. The summed E-state index contributed by atoms with van der Waals surface area (Å²) in [4.78, 5) is 26.3. The number of benzene rings is 1. The van der Waals surface area contributed by atoms with Gasteiger partial charge in [-0.1, -0.05) is 12.1 Å². The van der Waals surface area contributed by atoms with E-state index in [1.54, 1.807) is 7.11 Å². The Morgan fingerprint density at radius 2 is 1.92 bits per heavy atom. The van der Waals surface area contributed by atoms with Gasteiger partial charge in [-0.15, -0.1) is 0 Å². The Bertz CT molecular complexity index is 602. The van der Waals surface area contributed by atoms with Gasteiger partial charge in [0, 0.05) is 31.8 Å². The lowest BCUT2D eigenvalue weighted by Crippen LogP contribution is -2.47. The van der Waals surface area contributed by atoms with Crippen LogP contribution in [-0.4, -0.2) is 48.7 Å². The smallest absolute Gasteiger partial charge is 0.407 e. The molecule has 1 heterocycles. The van der Waals surface area contributed by atoms with E-state index in [0.29, 0.717) is 25.3 Å². The quantitative estimate of drug-likeness (QED) is 0.908. The molecule has 1 N–H and O–H groups in total. The zero-order valence-electron chi connectivity index (χ0n) is 15.5. The second kappa shape index (κ2) is 8.34. The molecule has 0 unspecified atom stereocenters. The summed E-state index contributed by atoms with van der Waals surface area (Å²) in [5.41, 5.74) is 1.15. The van der Waals surface area contributed by atoms with Crippen LogP contribution in [0.2, 0.25) is 0 Å². The zero-order chi connectivity index (χ0) is 18.4. The highest BCUT2D eigenvalue weighted by molar-refractivity contribution is 5.94. The van der Waals surface area contributed by atoms with Crippen LogP contribution in [0.25, 0.3) is 0 Å². The average Bonchev–Trinajstić information content (AvgIpc) is 2.54. The van der Waals surface area contributed by atoms with E-state index in [2.05, 4.69) is 5.32 Å². The molecule has 0 bridgehead atoms. The van der Waals surface area contributed by atoms with Crippen LogP contribution >= 0.6 is 0 Å². The lowest BCUT2D eigenvalue weighted by Gasteiger charge is -2.33. The fourth-order valence-electron chi connectivity index (χ4n) is 2.84. The van der Waals surface area contributed by atoms with E-state index < -0.39 is 11.7 Å². The van der Waals surface area contributed by atoms with Crippen molar-refractivity contribution in [3.8, 4) is 0 Å². The fourth-order valence-corrected chi connectivity index (χ4v) is 2.84. The van der Waals surface area contributed by atoms with Crippen LogP contribution in [-0.2, 0) is 16.1 Å². The normalized spacial score (nSPS) is 15.8. The molecular weight excluding hydrogens is 320 g/mol. The van der Waals surface area contributed by atoms with Crippen molar-refractivity contribution < 1.29 is 19.1 Å². The molecule has 0 saturated carbocycles. The maximum absolute atomic E-state index is 12.6. The number of ether oxygens (including phenoxy) is 2. The number of hydrogen-bond donors (Lipinski definition) is 1. The molecule has 1 aliphatic heterocycles. The van der Waals surface area contributed by atoms with Gasteiger partial charge in [-0.3, -0.25) is 4.79 Å². The van der Waals surface area contributed by atoms with Gasteiger partial charge in [0.15, 0.2) is 0 Å². The topological polar surface area (TPSA) is 67.9 Å². The van der Waals surface area contributed by atoms with E-state index in [1.165, 1.54) is 0 Å². The molecule has 0 spiro atoms. The van der Waals surface area contributed by atoms with Crippen LogP contribution in [0.15, 0.2) is 24.3 Å². The van der Waals surface area contributed by atoms with Crippen molar-refractivity contribution in [1.29, 1.82) is 0 Å². The van der Waals surface area contributed by atoms with Crippen molar-refractivity contribution in [3.63, 3.8) is 0 Å². The Hall–Kier alpha value is -2.08. The largest absolute Gasteiger partial charge is 0.444 e. The summed E-state index contributed by atoms with van der Waals surface area (Å²) in [5.74, 6) is 0.0219. The first-order valence-electron chi connectivity index (χ1n) is 8.65. The summed E-state index contributed by atoms with van der Waals surface area (Å²) in [6, 6.07) is 7.55. The minimum absolute atomic E-state index is 0.0219. The molecule has 0 radical (unpaired) electrons. The summed E-state index contributed by atoms with van der Waals surface area (Å²) in [7, 11) is 1.64. The molecule has 1 saturated heterocycles. The highest BCUT2D eigenvalue weighted by Gasteiger charge is 2.26. The Kier molecular flexibility index (Phi) is 6.42. The molecule has 1 aromatic rings. The SMILES string of the molecule is COCc1cccc(C(=O)N2CCC(NC(=O)OC(C)(C)C)CC2)c1. The molecule has 6 nitrogen and oxygen atoms in total. The number of alkyl carbamates (subject to hydrolysis) is 1. The van der Waals surface area contributed by atoms with E-state index in [4.69, 9.17) is 9.47 Å². The number of carbonyl (C=O) groups excluding carboxylic acids is 2. The number of carbonyl (C=O) groups is 2. The molecule has 2 amide bonds. The maximum atomic E-state index is 12.6. The molecular formula is C19H28N2O4. The lowest BCUT2D eigenvalue weighted by molar-refractivity contribution is 0.0473. The minimum atomic E-state index is -0.506. The number of amides is 2. The molecule has 138 valence electrons. The molecule has 1 aliphatic rings. The van der Waals surface area contributed by atoms with Crippen LogP contribution in [0.1, 0.15) is 49.5 Å². The van der Waals surface area contributed by atoms with Crippen molar-refractivity contribution in [3.05, 3.63) is 35.4 Å². The third-order valence-corrected chi connectivity index (χ3v) is 3.99. The number of likely N-dealkylation sites (tertiary alicyclic amines) is 1. The first-order valence-corrected chi connectivity index (χ1v) is 8.65. The third-order valence-electron chi connectivity index (χ3n) is 3.99. The van der Waals surface area contributed by atoms with E-state index in [9.17, 15) is 9.59 Å². The number of hydrogen-bond acceptors (Lipinski definition) is 4. The lowest BCUT2D eigenvalue weighted by atomic mass is 10.0. The summed E-state index contributed by atoms with van der Waals surface area (Å²) in [5, 5.41) is 2.88. The van der Waals surface area contributed by atoms with Gasteiger partial charge in [0.1, 0.15) is 5.60 Å². The molecule has 1 fully saturated rings. The van der Waals surface area contributed by atoms with Gasteiger partial charge in [-0.2, -0.15) is 0 Å². The first-order chi connectivity index (χ1) is 11.8. The average molecular weight is 348 g/mol. The Labute approximate surface area is 149 Å². The van der Waals surface area contributed by atoms with Crippen molar-refractivity contribution in [2.45, 2.75) is 51.9 Å². The van der Waals surface area contributed by atoms with Gasteiger partial charge in [0.25, 0.3) is 5.91 Å². The highest BCUT2D eigenvalue weighted by Crippen LogP contribution is 2.16. The molecule has 0 atom stereocenters. The third kappa shape index (κ3) is 6.05. The van der Waals surface area contributed by atoms with Crippen molar-refractivity contribution >= 4 is 12.0 Å². The molecule has 25 heavy (non-hydrogen) atoms. The highest BCUT2D eigenvalue weighted by atomic mass is 16.6. The molecule has 0 aliphatic carbocycles. The summed E-state index contributed by atoms with van der Waals surface area (Å²) in [6.07, 6.45) is 1.05. The molecule has 1 aromatic carbocycles. The number of methoxy groups -OCH3 is 1. The number of nitrogens with zero attached hydrogens (tertiary/aromatic N) is 1. The van der Waals surface area contributed by atoms with Gasteiger partial charge >= 0.3 is 6.09 Å². The van der Waals surface area contributed by atoms with Crippen LogP contribution in [0, 0.1) is 0 Å². The van der Waals surface area contributed by atoms with Crippen LogP contribution in [0.5, 0.6) is 0 Å². The van der Waals surface area contributed by atoms with Gasteiger partial charge in [-0.05, 0) is 51.3 Å². The van der Waals surface area contributed by atoms with E-state index >= 15 is 0 Å². The van der Waals surface area contributed by atoms with Crippen LogP contribution < -0.4 is 5.32 Å².